The lowest BCUT2D eigenvalue weighted by Crippen LogP contribution is -2.48. The summed E-state index contributed by atoms with van der Waals surface area (Å²) >= 11 is 0. The van der Waals surface area contributed by atoms with Crippen molar-refractivity contribution in [3.05, 3.63) is 42.1 Å². The highest BCUT2D eigenvalue weighted by atomic mass is 16.2. The van der Waals surface area contributed by atoms with Gasteiger partial charge in [-0.25, -0.2) is 9.67 Å². The second-order valence-corrected chi connectivity index (χ2v) is 8.83. The van der Waals surface area contributed by atoms with Gasteiger partial charge in [-0.1, -0.05) is 25.0 Å². The van der Waals surface area contributed by atoms with Crippen LogP contribution in [0.25, 0.3) is 10.9 Å². The Bertz CT molecular complexity index is 1100. The Kier molecular flexibility index (Phi) is 4.95. The fourth-order valence-corrected chi connectivity index (χ4v) is 4.68. The van der Waals surface area contributed by atoms with Gasteiger partial charge in [-0.3, -0.25) is 14.7 Å². The molecule has 2 amide bonds. The molecule has 5 rings (SSSR count). The number of nitrogens with one attached hydrogen (secondary N) is 3. The number of benzene rings is 1. The van der Waals surface area contributed by atoms with Crippen LogP contribution in [0.15, 0.2) is 30.9 Å². The highest BCUT2D eigenvalue weighted by Gasteiger charge is 2.52. The molecule has 0 radical (unpaired) electrons. The van der Waals surface area contributed by atoms with Crippen molar-refractivity contribution in [1.82, 2.24) is 35.6 Å². The molecule has 0 saturated heterocycles. The maximum Gasteiger partial charge on any atom is 0.272 e. The predicted octanol–water partition coefficient (Wildman–Crippen LogP) is 2.06. The molecule has 2 aliphatic carbocycles. The van der Waals surface area contributed by atoms with Crippen molar-refractivity contribution >= 4 is 22.7 Å². The minimum atomic E-state index is -0.587. The third-order valence-corrected chi connectivity index (χ3v) is 6.69. The number of hydrogen-bond acceptors (Lipinski definition) is 5. The van der Waals surface area contributed by atoms with E-state index in [1.54, 1.807) is 11.0 Å². The van der Waals surface area contributed by atoms with Crippen LogP contribution in [0, 0.1) is 12.8 Å². The number of aromatic amines is 1. The number of carbonyl (C=O) groups excluding carboxylic acids is 2. The van der Waals surface area contributed by atoms with E-state index in [0.717, 1.165) is 55.0 Å². The molecule has 3 aromatic rings. The zero-order valence-corrected chi connectivity index (χ0v) is 17.6. The lowest BCUT2D eigenvalue weighted by Gasteiger charge is -2.32. The Morgan fingerprint density at radius 3 is 2.87 bits per heavy atom. The van der Waals surface area contributed by atoms with Crippen molar-refractivity contribution in [3.8, 4) is 0 Å². The van der Waals surface area contributed by atoms with Gasteiger partial charge in [-0.05, 0) is 50.2 Å². The zero-order valence-electron chi connectivity index (χ0n) is 17.6. The summed E-state index contributed by atoms with van der Waals surface area (Å²) in [5.41, 5.74) is 1.81. The molecule has 1 aromatic carbocycles. The van der Waals surface area contributed by atoms with Gasteiger partial charge < -0.3 is 10.6 Å². The lowest BCUT2D eigenvalue weighted by molar-refractivity contribution is -0.126. The first-order valence-electron chi connectivity index (χ1n) is 11.0. The van der Waals surface area contributed by atoms with Crippen LogP contribution >= 0.6 is 0 Å². The number of H-pyrrole nitrogens is 1. The number of aryl methyl sites for hydroxylation is 1. The van der Waals surface area contributed by atoms with Crippen LogP contribution in [0.1, 0.15) is 54.6 Å². The SMILES string of the molecule is Cc1ccc2c(C(=O)NC3CCCCC3CNC(=O)C3(n4cncn4)CC3)n[nH]c2c1. The van der Waals surface area contributed by atoms with Crippen molar-refractivity contribution in [1.29, 1.82) is 0 Å². The monoisotopic (exact) mass is 421 g/mol. The van der Waals surface area contributed by atoms with E-state index in [1.807, 2.05) is 25.1 Å². The second kappa shape index (κ2) is 7.79. The number of nitrogens with zero attached hydrogens (tertiary/aromatic N) is 4. The summed E-state index contributed by atoms with van der Waals surface area (Å²) in [5.74, 6) is 0.0163. The Hall–Kier alpha value is -3.23. The highest BCUT2D eigenvalue weighted by molar-refractivity contribution is 6.04. The molecule has 0 aliphatic heterocycles. The highest BCUT2D eigenvalue weighted by Crippen LogP contribution is 2.43. The average molecular weight is 422 g/mol. The van der Waals surface area contributed by atoms with Gasteiger partial charge >= 0.3 is 0 Å². The van der Waals surface area contributed by atoms with E-state index in [1.165, 1.54) is 6.33 Å². The van der Waals surface area contributed by atoms with Crippen molar-refractivity contribution in [2.45, 2.75) is 57.0 Å². The minimum absolute atomic E-state index is 0.0117. The third-order valence-electron chi connectivity index (χ3n) is 6.69. The van der Waals surface area contributed by atoms with Gasteiger partial charge in [0, 0.05) is 18.0 Å². The number of amides is 2. The summed E-state index contributed by atoms with van der Waals surface area (Å²) in [5, 5.41) is 18.5. The molecule has 2 aromatic heterocycles. The summed E-state index contributed by atoms with van der Waals surface area (Å²) < 4.78 is 1.66. The van der Waals surface area contributed by atoms with Crippen molar-refractivity contribution in [3.63, 3.8) is 0 Å². The van der Waals surface area contributed by atoms with Crippen molar-refractivity contribution < 1.29 is 9.59 Å². The van der Waals surface area contributed by atoms with E-state index in [2.05, 4.69) is 30.9 Å². The summed E-state index contributed by atoms with van der Waals surface area (Å²) in [6, 6.07) is 5.92. The molecule has 162 valence electrons. The van der Waals surface area contributed by atoms with E-state index in [9.17, 15) is 9.59 Å². The topological polar surface area (TPSA) is 118 Å². The Morgan fingerprint density at radius 2 is 2.10 bits per heavy atom. The first-order chi connectivity index (χ1) is 15.1. The van der Waals surface area contributed by atoms with Crippen molar-refractivity contribution in [2.75, 3.05) is 6.54 Å². The maximum atomic E-state index is 13.0. The molecule has 0 spiro atoms. The molecule has 2 saturated carbocycles. The fourth-order valence-electron chi connectivity index (χ4n) is 4.68. The van der Waals surface area contributed by atoms with Gasteiger partial charge in [0.05, 0.1) is 5.52 Å². The first kappa shape index (κ1) is 19.7. The molecule has 9 heteroatoms. The van der Waals surface area contributed by atoms with Crippen LogP contribution in [0.2, 0.25) is 0 Å². The molecule has 0 bridgehead atoms. The van der Waals surface area contributed by atoms with Crippen LogP contribution in [0.3, 0.4) is 0 Å². The number of rotatable bonds is 6. The molecular weight excluding hydrogens is 394 g/mol. The molecule has 2 unspecified atom stereocenters. The van der Waals surface area contributed by atoms with Gasteiger partial charge in [0.1, 0.15) is 18.2 Å². The summed E-state index contributed by atoms with van der Waals surface area (Å²) in [7, 11) is 0. The van der Waals surface area contributed by atoms with Crippen LogP contribution < -0.4 is 10.6 Å². The van der Waals surface area contributed by atoms with E-state index >= 15 is 0 Å². The lowest BCUT2D eigenvalue weighted by atomic mass is 9.84. The fraction of sp³-hybridized carbons (Fsp3) is 0.500. The molecule has 3 N–H and O–H groups in total. The first-order valence-corrected chi connectivity index (χ1v) is 11.0. The van der Waals surface area contributed by atoms with E-state index < -0.39 is 5.54 Å². The largest absolute Gasteiger partial charge is 0.354 e. The molecule has 2 heterocycles. The van der Waals surface area contributed by atoms with E-state index in [0.29, 0.717) is 12.2 Å². The Balaban J connectivity index is 1.24. The van der Waals surface area contributed by atoms with Gasteiger partial charge in [-0.15, -0.1) is 0 Å². The minimum Gasteiger partial charge on any atom is -0.354 e. The zero-order chi connectivity index (χ0) is 21.4. The molecule has 2 fully saturated rings. The van der Waals surface area contributed by atoms with Gasteiger partial charge in [-0.2, -0.15) is 10.2 Å². The molecule has 2 aliphatic rings. The molecular formula is C22H27N7O2. The number of fused-ring (bicyclic) bond motifs is 1. The Labute approximate surface area is 180 Å². The van der Waals surface area contributed by atoms with Crippen molar-refractivity contribution in [2.24, 2.45) is 5.92 Å². The normalized spacial score (nSPS) is 22.2. The molecule has 31 heavy (non-hydrogen) atoms. The van der Waals surface area contributed by atoms with Crippen LogP contribution in [-0.4, -0.2) is 49.4 Å². The average Bonchev–Trinajstić information content (AvgIpc) is 3.20. The number of hydrogen-bond donors (Lipinski definition) is 3. The second-order valence-electron chi connectivity index (χ2n) is 8.83. The van der Waals surface area contributed by atoms with E-state index in [-0.39, 0.29) is 23.8 Å². The van der Waals surface area contributed by atoms with Crippen LogP contribution in [-0.2, 0) is 10.3 Å². The molecule has 9 nitrogen and oxygen atoms in total. The summed E-state index contributed by atoms with van der Waals surface area (Å²) in [4.78, 5) is 29.8. The van der Waals surface area contributed by atoms with E-state index in [4.69, 9.17) is 0 Å². The smallest absolute Gasteiger partial charge is 0.272 e. The van der Waals surface area contributed by atoms with Gasteiger partial charge in [0.25, 0.3) is 5.91 Å². The van der Waals surface area contributed by atoms with Gasteiger partial charge in [0.2, 0.25) is 5.91 Å². The van der Waals surface area contributed by atoms with Gasteiger partial charge in [0.15, 0.2) is 5.69 Å². The summed E-state index contributed by atoms with van der Waals surface area (Å²) in [6.45, 7) is 2.55. The third kappa shape index (κ3) is 3.68. The molecule has 2 atom stereocenters. The number of carbonyl (C=O) groups is 2. The number of aromatic nitrogens is 5. The maximum absolute atomic E-state index is 13.0. The van der Waals surface area contributed by atoms with Crippen LogP contribution in [0.5, 0.6) is 0 Å². The Morgan fingerprint density at radius 1 is 1.26 bits per heavy atom. The summed E-state index contributed by atoms with van der Waals surface area (Å²) in [6.07, 6.45) is 8.66. The predicted molar refractivity (Wildman–Crippen MR) is 114 cm³/mol. The standard InChI is InChI=1S/C22H27N7O2/c1-14-6-7-16-18(10-14)27-28-19(16)20(30)26-17-5-3-2-4-15(17)11-24-21(31)22(8-9-22)29-13-23-12-25-29/h6-7,10,12-13,15,17H,2-5,8-9,11H2,1H3,(H,24,31)(H,26,30)(H,27,28). The van der Waals surface area contributed by atoms with Crippen LogP contribution in [0.4, 0.5) is 0 Å². The quantitative estimate of drug-likeness (QED) is 0.563.